The molecule has 0 radical (unpaired) electrons. The minimum atomic E-state index is -0.149. The van der Waals surface area contributed by atoms with Gasteiger partial charge in [-0.1, -0.05) is 6.07 Å². The number of benzene rings is 2. The van der Waals surface area contributed by atoms with Crippen LogP contribution in [0.25, 0.3) is 5.69 Å². The Kier molecular flexibility index (Phi) is 5.31. The lowest BCUT2D eigenvalue weighted by Gasteiger charge is -2.09. The molecule has 0 spiro atoms. The molecule has 0 aliphatic heterocycles. The summed E-state index contributed by atoms with van der Waals surface area (Å²) in [6.07, 6.45) is 1.56. The zero-order valence-electron chi connectivity index (χ0n) is 16.8. The van der Waals surface area contributed by atoms with Crippen molar-refractivity contribution in [2.24, 2.45) is 4.99 Å². The second-order valence-corrected chi connectivity index (χ2v) is 7.06. The van der Waals surface area contributed by atoms with Gasteiger partial charge in [0.05, 0.1) is 16.9 Å². The molecule has 0 saturated heterocycles. The number of aromatic nitrogens is 2. The van der Waals surface area contributed by atoms with Crippen LogP contribution in [0.5, 0.6) is 0 Å². The van der Waals surface area contributed by atoms with E-state index < -0.39 is 0 Å². The SMILES string of the molecule is Cc1ccc(-n2[nH]c(C)c(C=Nc3ccc(C(=O)N(C)C)cc3)c2=O)cc1C. The number of hydrogen-bond acceptors (Lipinski definition) is 3. The Bertz CT molecular complexity index is 1100. The lowest BCUT2D eigenvalue weighted by atomic mass is 10.1. The number of aromatic amines is 1. The van der Waals surface area contributed by atoms with Crippen LogP contribution in [-0.4, -0.2) is 40.9 Å². The first-order valence-corrected chi connectivity index (χ1v) is 9.03. The maximum Gasteiger partial charge on any atom is 0.280 e. The molecule has 3 rings (SSSR count). The summed E-state index contributed by atoms with van der Waals surface area (Å²) in [5.41, 5.74) is 5.47. The van der Waals surface area contributed by atoms with Crippen LogP contribution in [0, 0.1) is 20.8 Å². The van der Waals surface area contributed by atoms with Gasteiger partial charge in [0.2, 0.25) is 0 Å². The Labute approximate surface area is 164 Å². The Morgan fingerprint density at radius 3 is 2.32 bits per heavy atom. The van der Waals surface area contributed by atoms with E-state index in [9.17, 15) is 9.59 Å². The van der Waals surface area contributed by atoms with Gasteiger partial charge in [-0.2, -0.15) is 0 Å². The Hall–Kier alpha value is -3.41. The molecule has 0 unspecified atom stereocenters. The van der Waals surface area contributed by atoms with Crippen LogP contribution in [0.3, 0.4) is 0 Å². The Balaban J connectivity index is 1.89. The molecular weight excluding hydrogens is 352 g/mol. The summed E-state index contributed by atoms with van der Waals surface area (Å²) in [7, 11) is 3.42. The normalized spacial score (nSPS) is 11.2. The van der Waals surface area contributed by atoms with E-state index in [1.807, 2.05) is 39.0 Å². The fourth-order valence-corrected chi connectivity index (χ4v) is 2.85. The summed E-state index contributed by atoms with van der Waals surface area (Å²) in [5, 5.41) is 3.11. The highest BCUT2D eigenvalue weighted by Crippen LogP contribution is 2.15. The number of aryl methyl sites for hydroxylation is 3. The van der Waals surface area contributed by atoms with Crippen LogP contribution in [0.1, 0.15) is 32.7 Å². The molecule has 0 aliphatic rings. The summed E-state index contributed by atoms with van der Waals surface area (Å²) in [5.74, 6) is -0.0618. The lowest BCUT2D eigenvalue weighted by Crippen LogP contribution is -2.21. The third kappa shape index (κ3) is 3.81. The molecule has 0 atom stereocenters. The van der Waals surface area contributed by atoms with Crippen molar-refractivity contribution in [2.45, 2.75) is 20.8 Å². The fourth-order valence-electron chi connectivity index (χ4n) is 2.85. The number of nitrogens with zero attached hydrogens (tertiary/aromatic N) is 3. The fraction of sp³-hybridized carbons (Fsp3) is 0.227. The maximum absolute atomic E-state index is 12.8. The van der Waals surface area contributed by atoms with Crippen LogP contribution in [0.15, 0.2) is 52.3 Å². The number of rotatable bonds is 4. The van der Waals surface area contributed by atoms with Crippen molar-refractivity contribution < 1.29 is 4.79 Å². The Morgan fingerprint density at radius 2 is 1.71 bits per heavy atom. The molecule has 6 nitrogen and oxygen atoms in total. The molecule has 0 bridgehead atoms. The van der Waals surface area contributed by atoms with E-state index in [4.69, 9.17) is 0 Å². The number of nitrogens with one attached hydrogen (secondary N) is 1. The predicted molar refractivity (Wildman–Crippen MR) is 112 cm³/mol. The highest BCUT2D eigenvalue weighted by atomic mass is 16.2. The summed E-state index contributed by atoms with van der Waals surface area (Å²) in [6.45, 7) is 5.91. The van der Waals surface area contributed by atoms with E-state index in [1.54, 1.807) is 44.6 Å². The molecule has 144 valence electrons. The van der Waals surface area contributed by atoms with E-state index in [-0.39, 0.29) is 11.5 Å². The van der Waals surface area contributed by atoms with Gasteiger partial charge in [0.1, 0.15) is 0 Å². The van der Waals surface area contributed by atoms with Gasteiger partial charge in [-0.3, -0.25) is 19.7 Å². The molecule has 1 aromatic heterocycles. The van der Waals surface area contributed by atoms with Crippen LogP contribution < -0.4 is 5.56 Å². The van der Waals surface area contributed by atoms with Crippen molar-refractivity contribution in [3.05, 3.63) is 80.8 Å². The molecular formula is C22H24N4O2. The summed E-state index contributed by atoms with van der Waals surface area (Å²) < 4.78 is 1.53. The van der Waals surface area contributed by atoms with Crippen LogP contribution in [0.4, 0.5) is 5.69 Å². The van der Waals surface area contributed by atoms with E-state index in [2.05, 4.69) is 10.1 Å². The van der Waals surface area contributed by atoms with Crippen molar-refractivity contribution in [3.63, 3.8) is 0 Å². The van der Waals surface area contributed by atoms with Crippen molar-refractivity contribution in [1.82, 2.24) is 14.7 Å². The third-order valence-corrected chi connectivity index (χ3v) is 4.73. The lowest BCUT2D eigenvalue weighted by molar-refractivity contribution is 0.0827. The summed E-state index contributed by atoms with van der Waals surface area (Å²) >= 11 is 0. The average Bonchev–Trinajstić information content (AvgIpc) is 2.96. The molecule has 28 heavy (non-hydrogen) atoms. The number of aliphatic imine (C=N–C) groups is 1. The highest BCUT2D eigenvalue weighted by molar-refractivity contribution is 5.94. The first-order valence-electron chi connectivity index (χ1n) is 9.03. The molecule has 2 aromatic carbocycles. The van der Waals surface area contributed by atoms with Gasteiger partial charge in [0.25, 0.3) is 11.5 Å². The number of hydrogen-bond donors (Lipinski definition) is 1. The Morgan fingerprint density at radius 1 is 1.04 bits per heavy atom. The second kappa shape index (κ2) is 7.68. The standard InChI is InChI=1S/C22H24N4O2/c1-14-6-11-19(12-15(14)2)26-22(28)20(16(3)24-26)13-23-18-9-7-17(8-10-18)21(27)25(4)5/h6-13,24H,1-5H3. The van der Waals surface area contributed by atoms with Crippen LogP contribution in [0.2, 0.25) is 0 Å². The van der Waals surface area contributed by atoms with Gasteiger partial charge in [0.15, 0.2) is 0 Å². The molecule has 1 heterocycles. The highest BCUT2D eigenvalue weighted by Gasteiger charge is 2.11. The van der Waals surface area contributed by atoms with Crippen molar-refractivity contribution in [3.8, 4) is 5.69 Å². The zero-order valence-corrected chi connectivity index (χ0v) is 16.8. The van der Waals surface area contributed by atoms with Gasteiger partial charge >= 0.3 is 0 Å². The van der Waals surface area contributed by atoms with E-state index in [1.165, 1.54) is 15.1 Å². The van der Waals surface area contributed by atoms with E-state index >= 15 is 0 Å². The van der Waals surface area contributed by atoms with Crippen molar-refractivity contribution >= 4 is 17.8 Å². The molecule has 3 aromatic rings. The first-order chi connectivity index (χ1) is 13.3. The number of H-pyrrole nitrogens is 1. The monoisotopic (exact) mass is 376 g/mol. The maximum atomic E-state index is 12.8. The van der Waals surface area contributed by atoms with Crippen molar-refractivity contribution in [2.75, 3.05) is 14.1 Å². The van der Waals surface area contributed by atoms with E-state index in [0.29, 0.717) is 16.8 Å². The number of carbonyl (C=O) groups is 1. The average molecular weight is 376 g/mol. The summed E-state index contributed by atoms with van der Waals surface area (Å²) in [4.78, 5) is 30.7. The molecule has 1 amide bonds. The van der Waals surface area contributed by atoms with E-state index in [0.717, 1.165) is 16.9 Å². The van der Waals surface area contributed by atoms with Crippen LogP contribution in [-0.2, 0) is 0 Å². The van der Waals surface area contributed by atoms with Crippen LogP contribution >= 0.6 is 0 Å². The second-order valence-electron chi connectivity index (χ2n) is 7.06. The summed E-state index contributed by atoms with van der Waals surface area (Å²) in [6, 6.07) is 12.9. The number of carbonyl (C=O) groups excluding carboxylic acids is 1. The van der Waals surface area contributed by atoms with Gasteiger partial charge < -0.3 is 4.90 Å². The first kappa shape index (κ1) is 19.4. The molecule has 0 fully saturated rings. The predicted octanol–water partition coefficient (Wildman–Crippen LogP) is 3.54. The minimum absolute atomic E-state index is 0.0618. The third-order valence-electron chi connectivity index (χ3n) is 4.73. The topological polar surface area (TPSA) is 70.5 Å². The number of amides is 1. The van der Waals surface area contributed by atoms with Crippen molar-refractivity contribution in [1.29, 1.82) is 0 Å². The van der Waals surface area contributed by atoms with Gasteiger partial charge in [-0.05, 0) is 68.3 Å². The van der Waals surface area contributed by atoms with Gasteiger partial charge in [-0.15, -0.1) is 0 Å². The minimum Gasteiger partial charge on any atom is -0.345 e. The molecule has 6 heteroatoms. The van der Waals surface area contributed by atoms with Gasteiger partial charge in [0, 0.05) is 31.6 Å². The largest absolute Gasteiger partial charge is 0.345 e. The molecule has 0 saturated carbocycles. The molecule has 1 N–H and O–H groups in total. The van der Waals surface area contributed by atoms with Gasteiger partial charge in [-0.25, -0.2) is 4.68 Å². The zero-order chi connectivity index (χ0) is 20.4. The smallest absolute Gasteiger partial charge is 0.280 e. The quantitative estimate of drug-likeness (QED) is 0.708. The molecule has 0 aliphatic carbocycles.